The third-order valence-corrected chi connectivity index (χ3v) is 5.46. The summed E-state index contributed by atoms with van der Waals surface area (Å²) in [5.41, 5.74) is 2.11. The number of hydrogen-bond acceptors (Lipinski definition) is 1. The molecule has 0 unspecified atom stereocenters. The van der Waals surface area contributed by atoms with Crippen LogP contribution in [-0.2, 0) is 6.42 Å². The lowest BCUT2D eigenvalue weighted by Crippen LogP contribution is -2.15. The molecule has 0 N–H and O–H groups in total. The van der Waals surface area contributed by atoms with Gasteiger partial charge in [0, 0.05) is 0 Å². The maximum Gasteiger partial charge on any atom is 0.0991 e. The van der Waals surface area contributed by atoms with E-state index in [2.05, 4.69) is 18.2 Å². The highest BCUT2D eigenvalue weighted by atomic mass is 19.1. The molecular weight excluding hydrogens is 297 g/mol. The van der Waals surface area contributed by atoms with Gasteiger partial charge in [0.2, 0.25) is 0 Å². The van der Waals surface area contributed by atoms with Crippen molar-refractivity contribution in [1.82, 2.24) is 0 Å². The summed E-state index contributed by atoms with van der Waals surface area (Å²) in [7, 11) is 0. The van der Waals surface area contributed by atoms with Crippen molar-refractivity contribution >= 4 is 0 Å². The molecule has 2 rings (SSSR count). The summed E-state index contributed by atoms with van der Waals surface area (Å²) >= 11 is 0. The molecule has 0 atom stereocenters. The first-order valence-corrected chi connectivity index (χ1v) is 9.56. The fourth-order valence-corrected chi connectivity index (χ4v) is 3.86. The summed E-state index contributed by atoms with van der Waals surface area (Å²) in [5.74, 6) is 1.81. The normalized spacial score (nSPS) is 21.0. The first-order valence-electron chi connectivity index (χ1n) is 9.56. The first-order chi connectivity index (χ1) is 11.8. The Balaban J connectivity index is 1.56. The molecule has 1 aromatic carbocycles. The van der Waals surface area contributed by atoms with Crippen molar-refractivity contribution in [2.24, 2.45) is 11.8 Å². The minimum absolute atomic E-state index is 0.666. The Morgan fingerprint density at radius 1 is 0.958 bits per heavy atom. The highest BCUT2D eigenvalue weighted by Crippen LogP contribution is 2.34. The minimum atomic E-state index is 0.666. The van der Waals surface area contributed by atoms with E-state index in [0.717, 1.165) is 36.7 Å². The number of nitriles is 1. The standard InChI is InChI=1S/C22H30FN/c23-17-5-3-1-2-4-6-19-7-9-20(10-8-19)11-12-21-13-15-22(18-24)16-14-21/h5,13-17,19-20H,1-4,6-12H2/b17-5+/t19-,20-. The first kappa shape index (κ1) is 18.7. The lowest BCUT2D eigenvalue weighted by Gasteiger charge is -2.28. The summed E-state index contributed by atoms with van der Waals surface area (Å²) in [6.45, 7) is 0. The molecular formula is C22H30FN. The lowest BCUT2D eigenvalue weighted by atomic mass is 9.77. The van der Waals surface area contributed by atoms with E-state index in [1.807, 2.05) is 12.1 Å². The van der Waals surface area contributed by atoms with Crippen LogP contribution in [0.15, 0.2) is 36.7 Å². The molecule has 130 valence electrons. The predicted molar refractivity (Wildman–Crippen MR) is 98.3 cm³/mol. The van der Waals surface area contributed by atoms with Gasteiger partial charge in [-0.2, -0.15) is 5.26 Å². The topological polar surface area (TPSA) is 23.8 Å². The van der Waals surface area contributed by atoms with Crippen molar-refractivity contribution in [1.29, 1.82) is 5.26 Å². The highest BCUT2D eigenvalue weighted by molar-refractivity contribution is 5.31. The maximum absolute atomic E-state index is 11.8. The third-order valence-electron chi connectivity index (χ3n) is 5.46. The van der Waals surface area contributed by atoms with Crippen molar-refractivity contribution < 1.29 is 4.39 Å². The zero-order valence-corrected chi connectivity index (χ0v) is 14.7. The molecule has 0 radical (unpaired) electrons. The van der Waals surface area contributed by atoms with Gasteiger partial charge in [0.25, 0.3) is 0 Å². The monoisotopic (exact) mass is 327 g/mol. The van der Waals surface area contributed by atoms with E-state index in [1.54, 1.807) is 6.08 Å². The molecule has 1 aliphatic carbocycles. The van der Waals surface area contributed by atoms with Gasteiger partial charge in [-0.15, -0.1) is 0 Å². The quantitative estimate of drug-likeness (QED) is 0.461. The van der Waals surface area contributed by atoms with E-state index in [4.69, 9.17) is 5.26 Å². The molecule has 1 aromatic rings. The van der Waals surface area contributed by atoms with E-state index in [9.17, 15) is 4.39 Å². The lowest BCUT2D eigenvalue weighted by molar-refractivity contribution is 0.249. The van der Waals surface area contributed by atoms with Gasteiger partial charge in [-0.1, -0.05) is 63.2 Å². The van der Waals surface area contributed by atoms with E-state index in [-0.39, 0.29) is 0 Å². The average Bonchev–Trinajstić information content (AvgIpc) is 2.64. The molecule has 1 nitrogen and oxygen atoms in total. The van der Waals surface area contributed by atoms with Gasteiger partial charge in [0.1, 0.15) is 0 Å². The van der Waals surface area contributed by atoms with E-state index < -0.39 is 0 Å². The number of hydrogen-bond donors (Lipinski definition) is 0. The van der Waals surface area contributed by atoms with Gasteiger partial charge < -0.3 is 0 Å². The number of halogens is 1. The number of nitrogens with zero attached hydrogens (tertiary/aromatic N) is 1. The molecule has 0 amide bonds. The van der Waals surface area contributed by atoms with Crippen LogP contribution in [0.25, 0.3) is 0 Å². The summed E-state index contributed by atoms with van der Waals surface area (Å²) in [6, 6.07) is 10.2. The van der Waals surface area contributed by atoms with Crippen molar-refractivity contribution in [3.63, 3.8) is 0 Å². The number of benzene rings is 1. The Bertz CT molecular complexity index is 518. The van der Waals surface area contributed by atoms with Crippen molar-refractivity contribution in [2.75, 3.05) is 0 Å². The zero-order valence-electron chi connectivity index (χ0n) is 14.7. The Kier molecular flexibility index (Phi) is 8.60. The van der Waals surface area contributed by atoms with Crippen LogP contribution in [0, 0.1) is 23.2 Å². The number of aryl methyl sites for hydroxylation is 1. The largest absolute Gasteiger partial charge is 0.216 e. The maximum atomic E-state index is 11.8. The molecule has 0 aliphatic heterocycles. The van der Waals surface area contributed by atoms with Crippen LogP contribution in [0.4, 0.5) is 4.39 Å². The number of unbranched alkanes of at least 4 members (excludes halogenated alkanes) is 3. The van der Waals surface area contributed by atoms with Crippen LogP contribution in [-0.4, -0.2) is 0 Å². The van der Waals surface area contributed by atoms with Crippen molar-refractivity contribution in [3.8, 4) is 6.07 Å². The Morgan fingerprint density at radius 2 is 1.62 bits per heavy atom. The minimum Gasteiger partial charge on any atom is -0.216 e. The van der Waals surface area contributed by atoms with Crippen LogP contribution in [0.2, 0.25) is 0 Å². The second kappa shape index (κ2) is 11.0. The second-order valence-electron chi connectivity index (χ2n) is 7.23. The molecule has 0 saturated heterocycles. The Morgan fingerprint density at radius 3 is 2.25 bits per heavy atom. The van der Waals surface area contributed by atoms with Gasteiger partial charge in [-0.05, 0) is 55.2 Å². The Labute approximate surface area is 146 Å². The third kappa shape index (κ3) is 6.87. The molecule has 2 heteroatoms. The average molecular weight is 327 g/mol. The van der Waals surface area contributed by atoms with Crippen molar-refractivity contribution in [3.05, 3.63) is 47.8 Å². The summed E-state index contributed by atoms with van der Waals surface area (Å²) < 4.78 is 11.8. The second-order valence-corrected chi connectivity index (χ2v) is 7.23. The van der Waals surface area contributed by atoms with Gasteiger partial charge in [-0.25, -0.2) is 4.39 Å². The van der Waals surface area contributed by atoms with Crippen molar-refractivity contribution in [2.45, 2.75) is 70.6 Å². The van der Waals surface area contributed by atoms with Crippen LogP contribution in [0.1, 0.15) is 75.3 Å². The van der Waals surface area contributed by atoms with E-state index >= 15 is 0 Å². The zero-order chi connectivity index (χ0) is 17.0. The summed E-state index contributed by atoms with van der Waals surface area (Å²) in [5, 5.41) is 8.83. The summed E-state index contributed by atoms with van der Waals surface area (Å²) in [4.78, 5) is 0. The van der Waals surface area contributed by atoms with Crippen LogP contribution >= 0.6 is 0 Å². The van der Waals surface area contributed by atoms with Gasteiger partial charge in [0.05, 0.1) is 18.0 Å². The molecule has 24 heavy (non-hydrogen) atoms. The molecule has 1 saturated carbocycles. The number of rotatable bonds is 9. The molecule has 0 spiro atoms. The Hall–Kier alpha value is -1.62. The van der Waals surface area contributed by atoms with Crippen LogP contribution in [0.5, 0.6) is 0 Å². The molecule has 1 fully saturated rings. The number of allylic oxidation sites excluding steroid dienone is 1. The fraction of sp³-hybridized carbons (Fsp3) is 0.591. The van der Waals surface area contributed by atoms with Gasteiger partial charge in [0.15, 0.2) is 0 Å². The SMILES string of the molecule is N#Cc1ccc(CC[C@H]2CC[C@H](CCCCC/C=C/F)CC2)cc1. The van der Waals surface area contributed by atoms with Gasteiger partial charge >= 0.3 is 0 Å². The highest BCUT2D eigenvalue weighted by Gasteiger charge is 2.20. The smallest absolute Gasteiger partial charge is 0.0991 e. The molecule has 1 aliphatic rings. The molecule has 0 heterocycles. The van der Waals surface area contributed by atoms with Crippen LogP contribution < -0.4 is 0 Å². The van der Waals surface area contributed by atoms with Gasteiger partial charge in [-0.3, -0.25) is 0 Å². The molecule has 0 bridgehead atoms. The fourth-order valence-electron chi connectivity index (χ4n) is 3.86. The van der Waals surface area contributed by atoms with Crippen LogP contribution in [0.3, 0.4) is 0 Å². The predicted octanol–water partition coefficient (Wildman–Crippen LogP) is 6.73. The van der Waals surface area contributed by atoms with E-state index in [1.165, 1.54) is 56.9 Å². The van der Waals surface area contributed by atoms with E-state index in [0.29, 0.717) is 6.33 Å². The summed E-state index contributed by atoms with van der Waals surface area (Å²) in [6.07, 6.45) is 16.2. The molecule has 0 aromatic heterocycles.